The van der Waals surface area contributed by atoms with Gasteiger partial charge in [0, 0.05) is 24.8 Å². The summed E-state index contributed by atoms with van der Waals surface area (Å²) in [6.07, 6.45) is 6.09. The number of nitrogens with zero attached hydrogens (tertiary/aromatic N) is 3. The zero-order valence-electron chi connectivity index (χ0n) is 15.7. The van der Waals surface area contributed by atoms with E-state index in [0.717, 1.165) is 31.5 Å². The number of carbonyl (C=O) groups excluding carboxylic acids is 1. The minimum absolute atomic E-state index is 0.326. The van der Waals surface area contributed by atoms with Gasteiger partial charge in [0.2, 0.25) is 0 Å². The van der Waals surface area contributed by atoms with Crippen molar-refractivity contribution in [2.75, 3.05) is 25.0 Å². The molecule has 1 aromatic heterocycles. The van der Waals surface area contributed by atoms with Gasteiger partial charge in [0.05, 0.1) is 0 Å². The maximum Gasteiger partial charge on any atom is 0.415 e. The summed E-state index contributed by atoms with van der Waals surface area (Å²) in [5.41, 5.74) is 0.610. The molecule has 2 rings (SSSR count). The molecular weight excluding hydrogens is 302 g/mol. The van der Waals surface area contributed by atoms with Crippen LogP contribution >= 0.6 is 0 Å². The predicted molar refractivity (Wildman–Crippen MR) is 97.3 cm³/mol. The molecule has 0 bridgehead atoms. The van der Waals surface area contributed by atoms with Gasteiger partial charge < -0.3 is 4.74 Å². The van der Waals surface area contributed by atoms with E-state index in [0.29, 0.717) is 11.9 Å². The number of hydrogen-bond donors (Lipinski definition) is 0. The first-order chi connectivity index (χ1) is 11.3. The molecule has 2 heterocycles. The van der Waals surface area contributed by atoms with E-state index in [1.807, 2.05) is 26.8 Å². The van der Waals surface area contributed by atoms with Crippen LogP contribution in [0.4, 0.5) is 10.6 Å². The van der Waals surface area contributed by atoms with Gasteiger partial charge in [-0.2, -0.15) is 0 Å². The molecular formula is C19H31N3O2. The van der Waals surface area contributed by atoms with Crippen LogP contribution in [-0.4, -0.2) is 41.7 Å². The van der Waals surface area contributed by atoms with E-state index in [9.17, 15) is 4.79 Å². The molecule has 5 nitrogen and oxygen atoms in total. The van der Waals surface area contributed by atoms with Crippen molar-refractivity contribution in [3.8, 4) is 0 Å². The molecule has 1 aliphatic heterocycles. The summed E-state index contributed by atoms with van der Waals surface area (Å²) in [6.45, 7) is 10.0. The Kier molecular flexibility index (Phi) is 6.21. The zero-order valence-corrected chi connectivity index (χ0v) is 15.7. The fraction of sp³-hybridized carbons (Fsp3) is 0.684. The molecule has 24 heavy (non-hydrogen) atoms. The Bertz CT molecular complexity index is 552. The van der Waals surface area contributed by atoms with Crippen LogP contribution in [0.1, 0.15) is 65.0 Å². The SMILES string of the molecule is CCCN1CCCCC1c1cccnc1N(C)C(=O)OC(C)(C)C. The fourth-order valence-electron chi connectivity index (χ4n) is 3.26. The molecule has 0 aliphatic carbocycles. The molecule has 0 saturated carbocycles. The van der Waals surface area contributed by atoms with Gasteiger partial charge in [-0.25, -0.2) is 9.78 Å². The van der Waals surface area contributed by atoms with Crippen molar-refractivity contribution >= 4 is 11.9 Å². The number of likely N-dealkylation sites (tertiary alicyclic amines) is 1. The van der Waals surface area contributed by atoms with Crippen LogP contribution in [0.3, 0.4) is 0 Å². The average molecular weight is 333 g/mol. The van der Waals surface area contributed by atoms with Crippen molar-refractivity contribution in [2.45, 2.75) is 65.0 Å². The number of anilines is 1. The Labute approximate surface area is 146 Å². The fourth-order valence-corrected chi connectivity index (χ4v) is 3.26. The summed E-state index contributed by atoms with van der Waals surface area (Å²) >= 11 is 0. The molecule has 1 aliphatic rings. The van der Waals surface area contributed by atoms with Gasteiger partial charge in [-0.15, -0.1) is 0 Å². The van der Waals surface area contributed by atoms with Gasteiger partial charge in [0.15, 0.2) is 0 Å². The molecule has 0 spiro atoms. The maximum atomic E-state index is 12.5. The predicted octanol–water partition coefficient (Wildman–Crippen LogP) is 4.39. The second kappa shape index (κ2) is 7.97. The lowest BCUT2D eigenvalue weighted by Crippen LogP contribution is -2.38. The summed E-state index contributed by atoms with van der Waals surface area (Å²) in [5, 5.41) is 0. The van der Waals surface area contributed by atoms with Crippen LogP contribution in [-0.2, 0) is 4.74 Å². The topological polar surface area (TPSA) is 45.7 Å². The Morgan fingerprint density at radius 3 is 2.83 bits per heavy atom. The molecule has 1 saturated heterocycles. The summed E-state index contributed by atoms with van der Waals surface area (Å²) < 4.78 is 5.50. The van der Waals surface area contributed by atoms with Crippen LogP contribution in [0, 0.1) is 0 Å². The van der Waals surface area contributed by atoms with E-state index >= 15 is 0 Å². The number of amides is 1. The van der Waals surface area contributed by atoms with E-state index in [4.69, 9.17) is 4.74 Å². The monoisotopic (exact) mass is 333 g/mol. The van der Waals surface area contributed by atoms with Crippen molar-refractivity contribution < 1.29 is 9.53 Å². The van der Waals surface area contributed by atoms with Crippen molar-refractivity contribution in [1.82, 2.24) is 9.88 Å². The summed E-state index contributed by atoms with van der Waals surface area (Å²) in [6, 6.07) is 4.38. The molecule has 1 amide bonds. The largest absolute Gasteiger partial charge is 0.443 e. The summed E-state index contributed by atoms with van der Waals surface area (Å²) in [5.74, 6) is 0.708. The first-order valence-electron chi connectivity index (χ1n) is 8.99. The molecule has 1 aromatic rings. The van der Waals surface area contributed by atoms with Crippen LogP contribution in [0.15, 0.2) is 18.3 Å². The highest BCUT2D eigenvalue weighted by Crippen LogP contribution is 2.35. The quantitative estimate of drug-likeness (QED) is 0.820. The molecule has 5 heteroatoms. The minimum Gasteiger partial charge on any atom is -0.443 e. The first-order valence-corrected chi connectivity index (χ1v) is 8.99. The lowest BCUT2D eigenvalue weighted by atomic mass is 9.95. The Morgan fingerprint density at radius 1 is 1.42 bits per heavy atom. The average Bonchev–Trinajstić information content (AvgIpc) is 2.53. The lowest BCUT2D eigenvalue weighted by molar-refractivity contribution is 0.0587. The highest BCUT2D eigenvalue weighted by molar-refractivity contribution is 5.87. The van der Waals surface area contributed by atoms with Crippen molar-refractivity contribution in [3.05, 3.63) is 23.9 Å². The molecule has 1 unspecified atom stereocenters. The molecule has 0 N–H and O–H groups in total. The van der Waals surface area contributed by atoms with Crippen LogP contribution in [0.2, 0.25) is 0 Å². The minimum atomic E-state index is -0.515. The molecule has 1 atom stereocenters. The van der Waals surface area contributed by atoms with Gasteiger partial charge in [0.1, 0.15) is 11.4 Å². The van der Waals surface area contributed by atoms with E-state index < -0.39 is 5.60 Å². The van der Waals surface area contributed by atoms with Crippen LogP contribution in [0.25, 0.3) is 0 Å². The molecule has 1 fully saturated rings. The van der Waals surface area contributed by atoms with E-state index in [-0.39, 0.29) is 6.09 Å². The molecule has 0 aromatic carbocycles. The second-order valence-electron chi connectivity index (χ2n) is 7.50. The highest BCUT2D eigenvalue weighted by atomic mass is 16.6. The Balaban J connectivity index is 2.27. The number of hydrogen-bond acceptors (Lipinski definition) is 4. The van der Waals surface area contributed by atoms with Crippen molar-refractivity contribution in [1.29, 1.82) is 0 Å². The molecule has 0 radical (unpaired) electrons. The molecule has 134 valence electrons. The number of aromatic nitrogens is 1. The smallest absolute Gasteiger partial charge is 0.415 e. The second-order valence-corrected chi connectivity index (χ2v) is 7.50. The normalized spacial score (nSPS) is 19.1. The number of piperidine rings is 1. The van der Waals surface area contributed by atoms with Crippen LogP contribution in [0.5, 0.6) is 0 Å². The van der Waals surface area contributed by atoms with Crippen molar-refractivity contribution in [3.63, 3.8) is 0 Å². The standard InChI is InChI=1S/C19H31N3O2/c1-6-13-22-14-8-7-11-16(22)15-10-9-12-20-17(15)21(5)18(23)24-19(2,3)4/h9-10,12,16H,6-8,11,13-14H2,1-5H3. The Hall–Kier alpha value is -1.62. The van der Waals surface area contributed by atoms with Gasteiger partial charge in [-0.3, -0.25) is 9.80 Å². The highest BCUT2D eigenvalue weighted by Gasteiger charge is 2.29. The van der Waals surface area contributed by atoms with E-state index in [1.165, 1.54) is 12.8 Å². The van der Waals surface area contributed by atoms with E-state index in [2.05, 4.69) is 22.9 Å². The number of ether oxygens (including phenoxy) is 1. The van der Waals surface area contributed by atoms with Crippen molar-refractivity contribution in [2.24, 2.45) is 0 Å². The number of rotatable bonds is 4. The summed E-state index contributed by atoms with van der Waals surface area (Å²) in [7, 11) is 1.74. The zero-order chi connectivity index (χ0) is 17.7. The van der Waals surface area contributed by atoms with Gasteiger partial charge in [0.25, 0.3) is 0 Å². The summed E-state index contributed by atoms with van der Waals surface area (Å²) in [4.78, 5) is 21.0. The van der Waals surface area contributed by atoms with Crippen LogP contribution < -0.4 is 4.90 Å². The lowest BCUT2D eigenvalue weighted by Gasteiger charge is -2.37. The first kappa shape index (κ1) is 18.7. The van der Waals surface area contributed by atoms with Gasteiger partial charge in [-0.1, -0.05) is 19.4 Å². The Morgan fingerprint density at radius 2 is 2.17 bits per heavy atom. The van der Waals surface area contributed by atoms with E-state index in [1.54, 1.807) is 18.1 Å². The maximum absolute atomic E-state index is 12.5. The van der Waals surface area contributed by atoms with Gasteiger partial charge >= 0.3 is 6.09 Å². The number of pyridine rings is 1. The third kappa shape index (κ3) is 4.69. The third-order valence-electron chi connectivity index (χ3n) is 4.29. The van der Waals surface area contributed by atoms with Gasteiger partial charge in [-0.05, 0) is 59.2 Å². The number of carbonyl (C=O) groups is 1. The third-order valence-corrected chi connectivity index (χ3v) is 4.29.